The molecule has 30 heavy (non-hydrogen) atoms. The number of piperazine rings is 1. The normalized spacial score (nSPS) is 27.6. The van der Waals surface area contributed by atoms with Gasteiger partial charge in [0, 0.05) is 25.7 Å². The molecule has 3 unspecified atom stereocenters. The minimum Gasteiger partial charge on any atom is -0.328 e. The number of carbonyl (C=O) groups is 2. The van der Waals surface area contributed by atoms with Crippen molar-refractivity contribution in [2.24, 2.45) is 5.73 Å². The van der Waals surface area contributed by atoms with Gasteiger partial charge in [-0.3, -0.25) is 14.5 Å². The zero-order chi connectivity index (χ0) is 21.6. The molecule has 3 fully saturated rings. The number of halogens is 1. The maximum Gasteiger partial charge on any atom is 0.241 e. The van der Waals surface area contributed by atoms with Gasteiger partial charge in [0.25, 0.3) is 0 Å². The maximum absolute atomic E-state index is 13.3. The molecule has 4 atom stereocenters. The number of fused-ring (bicyclic) bond motifs is 2. The van der Waals surface area contributed by atoms with Gasteiger partial charge in [-0.25, -0.2) is 4.39 Å². The highest BCUT2D eigenvalue weighted by Crippen LogP contribution is 2.41. The first-order valence-corrected chi connectivity index (χ1v) is 10.5. The Hall–Kier alpha value is -2.50. The van der Waals surface area contributed by atoms with E-state index in [9.17, 15) is 19.2 Å². The molecule has 2 N–H and O–H groups in total. The minimum absolute atomic E-state index is 0.0243. The molecule has 1 aromatic carbocycles. The lowest BCUT2D eigenvalue weighted by molar-refractivity contribution is -0.144. The van der Waals surface area contributed by atoms with Gasteiger partial charge in [0.1, 0.15) is 11.9 Å². The number of hydrogen-bond acceptors (Lipinski definition) is 5. The van der Waals surface area contributed by atoms with Crippen LogP contribution in [0.15, 0.2) is 24.3 Å². The average molecular weight is 413 g/mol. The topological polar surface area (TPSA) is 93.7 Å². The Bertz CT molecular complexity index is 881. The van der Waals surface area contributed by atoms with Gasteiger partial charge in [0.2, 0.25) is 11.8 Å². The van der Waals surface area contributed by atoms with Crippen LogP contribution < -0.4 is 5.73 Å². The Kier molecular flexibility index (Phi) is 5.28. The van der Waals surface area contributed by atoms with Crippen LogP contribution in [0.4, 0.5) is 4.39 Å². The lowest BCUT2D eigenvalue weighted by Crippen LogP contribution is -2.59. The summed E-state index contributed by atoms with van der Waals surface area (Å²) in [7, 11) is 0. The third-order valence-corrected chi connectivity index (χ3v) is 6.86. The molecule has 160 valence electrons. The highest BCUT2D eigenvalue weighted by molar-refractivity contribution is 5.87. The summed E-state index contributed by atoms with van der Waals surface area (Å²) in [6.45, 7) is 5.49. The van der Waals surface area contributed by atoms with Crippen LogP contribution in [0.5, 0.6) is 0 Å². The van der Waals surface area contributed by atoms with Gasteiger partial charge >= 0.3 is 0 Å². The first-order chi connectivity index (χ1) is 14.2. The molecule has 7 nitrogen and oxygen atoms in total. The van der Waals surface area contributed by atoms with Crippen molar-refractivity contribution >= 4 is 11.8 Å². The molecule has 4 rings (SSSR count). The first-order valence-electron chi connectivity index (χ1n) is 10.5. The summed E-state index contributed by atoms with van der Waals surface area (Å²) >= 11 is 0. The summed E-state index contributed by atoms with van der Waals surface area (Å²) in [5.74, 6) is -0.487. The van der Waals surface area contributed by atoms with Crippen LogP contribution in [0.3, 0.4) is 0 Å². The fourth-order valence-electron chi connectivity index (χ4n) is 5.30. The molecule has 0 saturated carbocycles. The van der Waals surface area contributed by atoms with Crippen LogP contribution in [0.25, 0.3) is 0 Å². The van der Waals surface area contributed by atoms with E-state index in [1.54, 1.807) is 17.0 Å². The van der Waals surface area contributed by atoms with E-state index in [4.69, 9.17) is 5.73 Å². The maximum atomic E-state index is 13.3. The Labute approximate surface area is 176 Å². The monoisotopic (exact) mass is 413 g/mol. The number of carbonyl (C=O) groups excluding carboxylic acids is 2. The minimum atomic E-state index is -0.746. The van der Waals surface area contributed by atoms with Crippen molar-refractivity contribution in [1.29, 1.82) is 5.26 Å². The van der Waals surface area contributed by atoms with E-state index < -0.39 is 17.6 Å². The van der Waals surface area contributed by atoms with Crippen LogP contribution in [-0.2, 0) is 15.1 Å². The molecule has 0 aromatic heterocycles. The molecular weight excluding hydrogens is 385 g/mol. The van der Waals surface area contributed by atoms with E-state index >= 15 is 0 Å². The standard InChI is InChI=1S/C22H28FN5O2/c1-22(2,14-5-7-15(23)8-6-14)28-17-10-19(21(28)30)26(12-17)13-18(25)20(29)27-9-3-4-16(27)11-24/h5-8,16-19H,3-4,9-10,12-13,25H2,1-2H3/t16?,17-,18?,19?/m0/s1. The van der Waals surface area contributed by atoms with Gasteiger partial charge in [-0.15, -0.1) is 0 Å². The average Bonchev–Trinajstić information content (AvgIpc) is 3.41. The molecule has 1 aromatic rings. The number of nitrogens with zero attached hydrogens (tertiary/aromatic N) is 4. The van der Waals surface area contributed by atoms with Crippen molar-refractivity contribution in [3.8, 4) is 6.07 Å². The summed E-state index contributed by atoms with van der Waals surface area (Å²) in [5, 5.41) is 9.22. The molecule has 2 bridgehead atoms. The van der Waals surface area contributed by atoms with Crippen LogP contribution in [0, 0.1) is 17.1 Å². The third kappa shape index (κ3) is 3.36. The lowest BCUT2D eigenvalue weighted by Gasteiger charge is -2.44. The van der Waals surface area contributed by atoms with E-state index in [1.165, 1.54) is 12.1 Å². The third-order valence-electron chi connectivity index (χ3n) is 6.86. The van der Waals surface area contributed by atoms with Gasteiger partial charge in [-0.2, -0.15) is 5.26 Å². The van der Waals surface area contributed by atoms with Crippen molar-refractivity contribution in [1.82, 2.24) is 14.7 Å². The summed E-state index contributed by atoms with van der Waals surface area (Å²) in [6.07, 6.45) is 2.21. The molecule has 3 heterocycles. The molecule has 0 radical (unpaired) electrons. The second-order valence-corrected chi connectivity index (χ2v) is 9.06. The van der Waals surface area contributed by atoms with Gasteiger partial charge in [0.05, 0.1) is 23.7 Å². The second kappa shape index (κ2) is 7.64. The molecular formula is C22H28FN5O2. The van der Waals surface area contributed by atoms with E-state index in [2.05, 4.69) is 6.07 Å². The van der Waals surface area contributed by atoms with Crippen LogP contribution in [-0.4, -0.2) is 70.3 Å². The van der Waals surface area contributed by atoms with Crippen LogP contribution >= 0.6 is 0 Å². The number of hydrogen-bond donors (Lipinski definition) is 1. The number of likely N-dealkylation sites (tertiary alicyclic amines) is 3. The molecule has 3 saturated heterocycles. The van der Waals surface area contributed by atoms with Gasteiger partial charge in [-0.1, -0.05) is 12.1 Å². The van der Waals surface area contributed by atoms with E-state index in [-0.39, 0.29) is 29.7 Å². The Morgan fingerprint density at radius 1 is 1.37 bits per heavy atom. The summed E-state index contributed by atoms with van der Waals surface area (Å²) in [5.41, 5.74) is 6.53. The first kappa shape index (κ1) is 20.8. The predicted molar refractivity (Wildman–Crippen MR) is 108 cm³/mol. The van der Waals surface area contributed by atoms with Crippen LogP contribution in [0.2, 0.25) is 0 Å². The van der Waals surface area contributed by atoms with E-state index in [0.717, 1.165) is 12.0 Å². The fraction of sp³-hybridized carbons (Fsp3) is 0.591. The van der Waals surface area contributed by atoms with Crippen molar-refractivity contribution in [3.63, 3.8) is 0 Å². The van der Waals surface area contributed by atoms with Crippen LogP contribution in [0.1, 0.15) is 38.7 Å². The number of nitriles is 1. The Morgan fingerprint density at radius 2 is 2.07 bits per heavy atom. The quantitative estimate of drug-likeness (QED) is 0.783. The number of benzene rings is 1. The van der Waals surface area contributed by atoms with E-state index in [0.29, 0.717) is 32.5 Å². The number of rotatable bonds is 5. The van der Waals surface area contributed by atoms with Gasteiger partial charge < -0.3 is 15.5 Å². The van der Waals surface area contributed by atoms with Gasteiger partial charge in [-0.05, 0) is 50.8 Å². The summed E-state index contributed by atoms with van der Waals surface area (Å²) < 4.78 is 13.3. The summed E-state index contributed by atoms with van der Waals surface area (Å²) in [4.78, 5) is 31.4. The number of nitrogens with two attached hydrogens (primary N) is 1. The summed E-state index contributed by atoms with van der Waals surface area (Å²) in [6, 6.07) is 7.05. The van der Waals surface area contributed by atoms with Crippen molar-refractivity contribution in [2.45, 2.75) is 62.8 Å². The second-order valence-electron chi connectivity index (χ2n) is 9.06. The number of amides is 2. The Morgan fingerprint density at radius 3 is 2.70 bits per heavy atom. The Balaban J connectivity index is 1.43. The smallest absolute Gasteiger partial charge is 0.241 e. The van der Waals surface area contributed by atoms with Gasteiger partial charge in [0.15, 0.2) is 0 Å². The largest absolute Gasteiger partial charge is 0.328 e. The van der Waals surface area contributed by atoms with Crippen molar-refractivity contribution in [3.05, 3.63) is 35.6 Å². The highest BCUT2D eigenvalue weighted by atomic mass is 19.1. The van der Waals surface area contributed by atoms with Crippen molar-refractivity contribution in [2.75, 3.05) is 19.6 Å². The zero-order valence-corrected chi connectivity index (χ0v) is 17.4. The molecule has 3 aliphatic heterocycles. The predicted octanol–water partition coefficient (Wildman–Crippen LogP) is 1.19. The highest BCUT2D eigenvalue weighted by Gasteiger charge is 2.54. The zero-order valence-electron chi connectivity index (χ0n) is 17.4. The fourth-order valence-corrected chi connectivity index (χ4v) is 5.30. The molecule has 3 aliphatic rings. The molecule has 0 spiro atoms. The SMILES string of the molecule is CC(C)(c1ccc(F)cc1)N1C(=O)C2C[C@H]1CN2CC(N)C(=O)N1CCCC1C#N. The van der Waals surface area contributed by atoms with E-state index in [1.807, 2.05) is 23.6 Å². The lowest BCUT2D eigenvalue weighted by atomic mass is 9.91. The molecule has 0 aliphatic carbocycles. The van der Waals surface area contributed by atoms with Crippen molar-refractivity contribution < 1.29 is 14.0 Å². The molecule has 8 heteroatoms. The molecule has 2 amide bonds.